The third kappa shape index (κ3) is 3.28. The second-order valence-electron chi connectivity index (χ2n) is 3.84. The zero-order valence-electron chi connectivity index (χ0n) is 8.77. The maximum Gasteiger partial charge on any atom is 0.321 e. The van der Waals surface area contributed by atoms with Gasteiger partial charge in [-0.2, -0.15) is 0 Å². The number of rotatable bonds is 5. The molecule has 0 bridgehead atoms. The highest BCUT2D eigenvalue weighted by atomic mass is 32.2. The van der Waals surface area contributed by atoms with Crippen molar-refractivity contribution in [1.29, 1.82) is 0 Å². The van der Waals surface area contributed by atoms with Gasteiger partial charge in [-0.3, -0.25) is 4.79 Å². The number of carboxylic acids is 1. The van der Waals surface area contributed by atoms with Crippen LogP contribution < -0.4 is 5.73 Å². The van der Waals surface area contributed by atoms with Crippen LogP contribution in [0.25, 0.3) is 0 Å². The standard InChI is InChI=1S/C10H15NO3S/c1-10(2,8(11)9(12)13)15-6-7-3-4-14-5-7/h3-5,8H,6,11H2,1-2H3,(H,12,13)/t8-/m1/s1. The van der Waals surface area contributed by atoms with Crippen LogP contribution in [0, 0.1) is 0 Å². The van der Waals surface area contributed by atoms with Crippen LogP contribution in [-0.4, -0.2) is 21.9 Å². The molecule has 0 aliphatic carbocycles. The van der Waals surface area contributed by atoms with Gasteiger partial charge in [0.05, 0.1) is 12.5 Å². The van der Waals surface area contributed by atoms with Gasteiger partial charge in [0.1, 0.15) is 6.04 Å². The van der Waals surface area contributed by atoms with E-state index in [4.69, 9.17) is 15.3 Å². The second kappa shape index (κ2) is 4.72. The van der Waals surface area contributed by atoms with Crippen LogP contribution >= 0.6 is 11.8 Å². The Morgan fingerprint density at radius 2 is 2.40 bits per heavy atom. The Morgan fingerprint density at radius 1 is 1.73 bits per heavy atom. The Labute approximate surface area is 92.8 Å². The fourth-order valence-corrected chi connectivity index (χ4v) is 2.01. The minimum Gasteiger partial charge on any atom is -0.480 e. The van der Waals surface area contributed by atoms with Gasteiger partial charge in [-0.1, -0.05) is 0 Å². The summed E-state index contributed by atoms with van der Waals surface area (Å²) in [5.41, 5.74) is 6.62. The molecule has 1 atom stereocenters. The van der Waals surface area contributed by atoms with Crippen LogP contribution in [0.4, 0.5) is 0 Å². The van der Waals surface area contributed by atoms with Gasteiger partial charge >= 0.3 is 5.97 Å². The van der Waals surface area contributed by atoms with Crippen molar-refractivity contribution >= 4 is 17.7 Å². The molecular formula is C10H15NO3S. The number of hydrogen-bond acceptors (Lipinski definition) is 4. The summed E-state index contributed by atoms with van der Waals surface area (Å²) in [6.45, 7) is 3.66. The molecule has 5 heteroatoms. The van der Waals surface area contributed by atoms with Crippen LogP contribution in [0.1, 0.15) is 19.4 Å². The summed E-state index contributed by atoms with van der Waals surface area (Å²) >= 11 is 1.51. The first kappa shape index (κ1) is 12.1. The molecule has 0 amide bonds. The molecule has 0 radical (unpaired) electrons. The molecule has 1 aromatic rings. The third-order valence-corrected chi connectivity index (χ3v) is 3.68. The number of hydrogen-bond donors (Lipinski definition) is 2. The molecule has 1 heterocycles. The van der Waals surface area contributed by atoms with Gasteiger partial charge in [-0.25, -0.2) is 0 Å². The second-order valence-corrected chi connectivity index (χ2v) is 5.47. The van der Waals surface area contributed by atoms with E-state index in [0.717, 1.165) is 5.56 Å². The summed E-state index contributed by atoms with van der Waals surface area (Å²) < 4.78 is 4.43. The SMILES string of the molecule is CC(C)(SCc1ccoc1)[C@H](N)C(=O)O. The number of carbonyl (C=O) groups is 1. The molecule has 0 spiro atoms. The molecule has 0 aliphatic rings. The van der Waals surface area contributed by atoms with Gasteiger partial charge in [0.25, 0.3) is 0 Å². The van der Waals surface area contributed by atoms with Crippen molar-refractivity contribution in [3.05, 3.63) is 24.2 Å². The Kier molecular flexibility index (Phi) is 3.82. The molecule has 0 saturated heterocycles. The summed E-state index contributed by atoms with van der Waals surface area (Å²) in [6.07, 6.45) is 3.25. The average molecular weight is 229 g/mol. The monoisotopic (exact) mass is 229 g/mol. The van der Waals surface area contributed by atoms with E-state index in [1.165, 1.54) is 11.8 Å². The average Bonchev–Trinajstić information content (AvgIpc) is 2.66. The maximum absolute atomic E-state index is 10.8. The summed E-state index contributed by atoms with van der Waals surface area (Å²) in [5, 5.41) is 8.82. The predicted molar refractivity (Wildman–Crippen MR) is 59.7 cm³/mol. The molecule has 0 aliphatic heterocycles. The van der Waals surface area contributed by atoms with Crippen LogP contribution in [0.5, 0.6) is 0 Å². The molecule has 15 heavy (non-hydrogen) atoms. The van der Waals surface area contributed by atoms with Crippen molar-refractivity contribution in [3.63, 3.8) is 0 Å². The van der Waals surface area contributed by atoms with Gasteiger partial charge in [0.15, 0.2) is 0 Å². The summed E-state index contributed by atoms with van der Waals surface area (Å²) in [7, 11) is 0. The molecule has 0 unspecified atom stereocenters. The molecule has 84 valence electrons. The first-order valence-corrected chi connectivity index (χ1v) is 5.55. The van der Waals surface area contributed by atoms with Gasteiger partial charge in [0.2, 0.25) is 0 Å². The molecule has 3 N–H and O–H groups in total. The Hall–Kier alpha value is -0.940. The minimum atomic E-state index is -0.973. The molecule has 0 saturated carbocycles. The van der Waals surface area contributed by atoms with Crippen LogP contribution in [0.15, 0.2) is 23.0 Å². The van der Waals surface area contributed by atoms with Crippen LogP contribution in [-0.2, 0) is 10.5 Å². The van der Waals surface area contributed by atoms with Crippen molar-refractivity contribution in [3.8, 4) is 0 Å². The normalized spacial score (nSPS) is 13.8. The van der Waals surface area contributed by atoms with Gasteiger partial charge in [0, 0.05) is 16.1 Å². The first-order valence-electron chi connectivity index (χ1n) is 4.57. The zero-order chi connectivity index (χ0) is 11.5. The van der Waals surface area contributed by atoms with E-state index in [1.807, 2.05) is 19.9 Å². The van der Waals surface area contributed by atoms with E-state index in [0.29, 0.717) is 5.75 Å². The quantitative estimate of drug-likeness (QED) is 0.803. The number of thioether (sulfide) groups is 1. The molecule has 1 rings (SSSR count). The molecular weight excluding hydrogens is 214 g/mol. The lowest BCUT2D eigenvalue weighted by molar-refractivity contribution is -0.139. The number of aliphatic carboxylic acids is 1. The predicted octanol–water partition coefficient (Wildman–Crippen LogP) is 1.70. The zero-order valence-corrected chi connectivity index (χ0v) is 9.58. The van der Waals surface area contributed by atoms with E-state index < -0.39 is 16.8 Å². The highest BCUT2D eigenvalue weighted by Crippen LogP contribution is 2.30. The van der Waals surface area contributed by atoms with Crippen LogP contribution in [0.2, 0.25) is 0 Å². The fourth-order valence-electron chi connectivity index (χ4n) is 1.03. The number of carboxylic acid groups (broad SMARTS) is 1. The smallest absolute Gasteiger partial charge is 0.321 e. The fraction of sp³-hybridized carbons (Fsp3) is 0.500. The minimum absolute atomic E-state index is 0.497. The van der Waals surface area contributed by atoms with Gasteiger partial charge in [-0.05, 0) is 19.9 Å². The van der Waals surface area contributed by atoms with E-state index >= 15 is 0 Å². The van der Waals surface area contributed by atoms with Crippen molar-refractivity contribution in [2.45, 2.75) is 30.4 Å². The highest BCUT2D eigenvalue weighted by Gasteiger charge is 2.32. The van der Waals surface area contributed by atoms with E-state index in [9.17, 15) is 4.79 Å². The lowest BCUT2D eigenvalue weighted by Gasteiger charge is -2.27. The van der Waals surface area contributed by atoms with E-state index in [1.54, 1.807) is 12.5 Å². The van der Waals surface area contributed by atoms with Crippen molar-refractivity contribution in [1.82, 2.24) is 0 Å². The molecule has 0 aromatic carbocycles. The number of nitrogens with two attached hydrogens (primary N) is 1. The van der Waals surface area contributed by atoms with Crippen LogP contribution in [0.3, 0.4) is 0 Å². The maximum atomic E-state index is 10.8. The lowest BCUT2D eigenvalue weighted by atomic mass is 10.1. The molecule has 1 aromatic heterocycles. The van der Waals surface area contributed by atoms with Gasteiger partial charge in [-0.15, -0.1) is 11.8 Å². The third-order valence-electron chi connectivity index (χ3n) is 2.21. The Morgan fingerprint density at radius 3 is 2.87 bits per heavy atom. The highest BCUT2D eigenvalue weighted by molar-refractivity contribution is 7.99. The summed E-state index contributed by atoms with van der Waals surface area (Å²) in [6, 6.07) is 0.990. The molecule has 4 nitrogen and oxygen atoms in total. The van der Waals surface area contributed by atoms with Crippen molar-refractivity contribution < 1.29 is 14.3 Å². The van der Waals surface area contributed by atoms with E-state index in [-0.39, 0.29) is 0 Å². The van der Waals surface area contributed by atoms with Crippen molar-refractivity contribution in [2.24, 2.45) is 5.73 Å². The summed E-state index contributed by atoms with van der Waals surface area (Å²) in [4.78, 5) is 10.8. The molecule has 0 fully saturated rings. The Bertz CT molecular complexity index is 321. The largest absolute Gasteiger partial charge is 0.480 e. The summed E-state index contributed by atoms with van der Waals surface area (Å²) in [5.74, 6) is -0.274. The van der Waals surface area contributed by atoms with E-state index in [2.05, 4.69) is 0 Å². The Balaban J connectivity index is 2.53. The van der Waals surface area contributed by atoms with Gasteiger partial charge < -0.3 is 15.3 Å². The lowest BCUT2D eigenvalue weighted by Crippen LogP contribution is -2.46. The van der Waals surface area contributed by atoms with Crippen molar-refractivity contribution in [2.75, 3.05) is 0 Å². The first-order chi connectivity index (χ1) is 6.93. The topological polar surface area (TPSA) is 76.5 Å². The number of furan rings is 1.